The Morgan fingerprint density at radius 3 is 1.61 bits per heavy atom. The first-order valence-electron chi connectivity index (χ1n) is 12.8. The van der Waals surface area contributed by atoms with Gasteiger partial charge < -0.3 is 0 Å². The Hall–Kier alpha value is -1.28. The Bertz CT molecular complexity index is 638. The molecule has 0 saturated heterocycles. The zero-order valence-electron chi connectivity index (χ0n) is 21.2. The molecule has 188 valence electrons. The van der Waals surface area contributed by atoms with Crippen LogP contribution in [0.5, 0.6) is 0 Å². The number of amides is 2. The Morgan fingerprint density at radius 2 is 1.21 bits per heavy atom. The monoisotopic (exact) mass is 465 g/mol. The van der Waals surface area contributed by atoms with Gasteiger partial charge in [-0.2, -0.15) is 9.78 Å². The van der Waals surface area contributed by atoms with Gasteiger partial charge in [-0.25, -0.2) is 9.78 Å². The quantitative estimate of drug-likeness (QED) is 0.194. The number of nitrogens with zero attached hydrogens (tertiary/aromatic N) is 1. The molecule has 6 atom stereocenters. The maximum Gasteiger partial charge on any atom is 0.253 e. The summed E-state index contributed by atoms with van der Waals surface area (Å²) in [5.41, 5.74) is 0. The van der Waals surface area contributed by atoms with E-state index in [-0.39, 0.29) is 30.6 Å². The molecule has 7 heteroatoms. The van der Waals surface area contributed by atoms with Gasteiger partial charge in [0.1, 0.15) is 0 Å². The summed E-state index contributed by atoms with van der Waals surface area (Å²) >= 11 is 0. The van der Waals surface area contributed by atoms with Crippen LogP contribution in [0.1, 0.15) is 80.1 Å². The Kier molecular flexibility index (Phi) is 9.51. The maximum absolute atomic E-state index is 12.1. The van der Waals surface area contributed by atoms with E-state index in [2.05, 4.69) is 41.5 Å². The molecule has 2 saturated carbocycles. The molecule has 1 heterocycles. The highest BCUT2D eigenvalue weighted by atomic mass is 17.3. The lowest BCUT2D eigenvalue weighted by Crippen LogP contribution is -2.43. The smallest absolute Gasteiger partial charge is 0.253 e. The highest BCUT2D eigenvalue weighted by Crippen LogP contribution is 2.37. The largest absolute Gasteiger partial charge is 0.270 e. The summed E-state index contributed by atoms with van der Waals surface area (Å²) < 4.78 is 0. The number of carbonyl (C=O) groups is 2. The van der Waals surface area contributed by atoms with Crippen molar-refractivity contribution in [1.29, 1.82) is 0 Å². The van der Waals surface area contributed by atoms with Gasteiger partial charge in [0.05, 0.1) is 18.8 Å². The van der Waals surface area contributed by atoms with E-state index in [1.165, 1.54) is 25.0 Å². The van der Waals surface area contributed by atoms with Crippen molar-refractivity contribution in [2.75, 3.05) is 6.54 Å². The van der Waals surface area contributed by atoms with Gasteiger partial charge in [0, 0.05) is 12.2 Å². The molecule has 0 aromatic heterocycles. The van der Waals surface area contributed by atoms with Crippen LogP contribution in [0.3, 0.4) is 0 Å². The molecule has 3 rings (SSSR count). The average molecular weight is 466 g/mol. The molecule has 0 aromatic rings. The molecule has 0 radical (unpaired) electrons. The fourth-order valence-corrected chi connectivity index (χ4v) is 5.55. The van der Waals surface area contributed by atoms with Crippen molar-refractivity contribution < 1.29 is 29.1 Å². The zero-order chi connectivity index (χ0) is 24.1. The van der Waals surface area contributed by atoms with Crippen LogP contribution in [0.25, 0.3) is 0 Å². The van der Waals surface area contributed by atoms with Gasteiger partial charge in [-0.1, -0.05) is 54.4 Å². The fourth-order valence-electron chi connectivity index (χ4n) is 5.55. The molecule has 3 aliphatic rings. The average Bonchev–Trinajstić information content (AvgIpc) is 3.07. The number of hydrogen-bond acceptors (Lipinski definition) is 6. The maximum atomic E-state index is 12.1. The van der Waals surface area contributed by atoms with Crippen molar-refractivity contribution >= 4 is 11.8 Å². The molecule has 2 aliphatic carbocycles. The third kappa shape index (κ3) is 7.10. The van der Waals surface area contributed by atoms with Crippen molar-refractivity contribution in [2.45, 2.75) is 98.6 Å². The van der Waals surface area contributed by atoms with E-state index in [1.54, 1.807) is 0 Å². The Morgan fingerprint density at radius 1 is 0.788 bits per heavy atom. The van der Waals surface area contributed by atoms with E-state index in [1.807, 2.05) is 0 Å². The molecule has 0 bridgehead atoms. The minimum Gasteiger partial charge on any atom is -0.270 e. The van der Waals surface area contributed by atoms with Gasteiger partial charge in [-0.15, -0.1) is 0 Å². The normalized spacial score (nSPS) is 34.0. The van der Waals surface area contributed by atoms with E-state index >= 15 is 0 Å². The molecule has 33 heavy (non-hydrogen) atoms. The first-order chi connectivity index (χ1) is 15.7. The second-order valence-electron chi connectivity index (χ2n) is 11.2. The van der Waals surface area contributed by atoms with Crippen LogP contribution in [0.15, 0.2) is 12.2 Å². The number of hydrogen-bond donors (Lipinski definition) is 0. The van der Waals surface area contributed by atoms with Crippen molar-refractivity contribution in [3.05, 3.63) is 12.2 Å². The summed E-state index contributed by atoms with van der Waals surface area (Å²) in [4.78, 5) is 48.7. The van der Waals surface area contributed by atoms with E-state index in [0.29, 0.717) is 35.5 Å². The van der Waals surface area contributed by atoms with Gasteiger partial charge in [-0.05, 0) is 61.2 Å². The molecule has 1 aliphatic heterocycles. The number of carbonyl (C=O) groups excluding carboxylic acids is 2. The minimum absolute atomic E-state index is 0.0546. The van der Waals surface area contributed by atoms with Gasteiger partial charge in [0.25, 0.3) is 11.8 Å². The second kappa shape index (κ2) is 11.9. The highest BCUT2D eigenvalue weighted by molar-refractivity contribution is 6.12. The van der Waals surface area contributed by atoms with Crippen LogP contribution in [0, 0.1) is 35.5 Å². The molecule has 7 nitrogen and oxygen atoms in total. The lowest BCUT2D eigenvalue weighted by molar-refractivity contribution is -0.489. The molecule has 2 fully saturated rings. The lowest BCUT2D eigenvalue weighted by atomic mass is 9.75. The van der Waals surface area contributed by atoms with E-state index in [4.69, 9.17) is 19.6 Å². The fraction of sp³-hybridized carbons (Fsp3) is 0.846. The topological polar surface area (TPSA) is 74.3 Å². The van der Waals surface area contributed by atoms with Crippen LogP contribution in [-0.4, -0.2) is 41.8 Å². The molecule has 0 spiro atoms. The van der Waals surface area contributed by atoms with Crippen molar-refractivity contribution in [2.24, 2.45) is 35.5 Å². The van der Waals surface area contributed by atoms with Gasteiger partial charge >= 0.3 is 0 Å². The Balaban J connectivity index is 1.65. The summed E-state index contributed by atoms with van der Waals surface area (Å²) in [6.45, 7) is 13.2. The molecule has 0 N–H and O–H groups in total. The first kappa shape index (κ1) is 26.3. The van der Waals surface area contributed by atoms with Crippen LogP contribution in [0.4, 0.5) is 0 Å². The summed E-state index contributed by atoms with van der Waals surface area (Å²) in [7, 11) is 0. The number of imide groups is 1. The van der Waals surface area contributed by atoms with Crippen LogP contribution in [0.2, 0.25) is 0 Å². The second-order valence-corrected chi connectivity index (χ2v) is 11.2. The Labute approximate surface area is 199 Å². The van der Waals surface area contributed by atoms with Crippen molar-refractivity contribution in [3.8, 4) is 0 Å². The van der Waals surface area contributed by atoms with E-state index < -0.39 is 6.29 Å². The summed E-state index contributed by atoms with van der Waals surface area (Å²) in [6, 6.07) is 0. The lowest BCUT2D eigenvalue weighted by Gasteiger charge is -2.38. The van der Waals surface area contributed by atoms with Crippen molar-refractivity contribution in [3.63, 3.8) is 0 Å². The van der Waals surface area contributed by atoms with Crippen LogP contribution in [-0.2, 0) is 29.1 Å². The third-order valence-corrected chi connectivity index (χ3v) is 7.73. The predicted molar refractivity (Wildman–Crippen MR) is 124 cm³/mol. The van der Waals surface area contributed by atoms with Crippen molar-refractivity contribution in [1.82, 2.24) is 4.90 Å². The van der Waals surface area contributed by atoms with Gasteiger partial charge in [0.15, 0.2) is 0 Å². The molecule has 0 aromatic carbocycles. The first-order valence-corrected chi connectivity index (χ1v) is 12.8. The van der Waals surface area contributed by atoms with E-state index in [0.717, 1.165) is 30.6 Å². The van der Waals surface area contributed by atoms with Crippen LogP contribution >= 0.6 is 0 Å². The number of rotatable bonds is 10. The molecular formula is C26H43NO6. The summed E-state index contributed by atoms with van der Waals surface area (Å²) in [6.07, 6.45) is 7.79. The summed E-state index contributed by atoms with van der Waals surface area (Å²) in [5.74, 6) is 2.10. The molecular weight excluding hydrogens is 422 g/mol. The SMILES string of the molecule is CC1CCC(C(C)C)C(OOC(CN2C(=O)C=CC2=O)OOC2CC(C)CCC2C(C)C)C1. The van der Waals surface area contributed by atoms with Crippen LogP contribution < -0.4 is 0 Å². The minimum atomic E-state index is -1.01. The third-order valence-electron chi connectivity index (χ3n) is 7.73. The predicted octanol–water partition coefficient (Wildman–Crippen LogP) is 5.06. The zero-order valence-corrected chi connectivity index (χ0v) is 21.2. The van der Waals surface area contributed by atoms with E-state index in [9.17, 15) is 9.59 Å². The summed E-state index contributed by atoms with van der Waals surface area (Å²) in [5, 5.41) is 0. The molecule has 6 unspecified atom stereocenters. The van der Waals surface area contributed by atoms with Gasteiger partial charge in [-0.3, -0.25) is 14.5 Å². The molecule has 2 amide bonds. The highest BCUT2D eigenvalue weighted by Gasteiger charge is 2.36. The standard InChI is InChI=1S/C26H43NO6/c1-16(2)20-9-7-18(5)13-22(20)30-32-26(15-27-24(28)11-12-25(27)29)33-31-23-14-19(6)8-10-21(23)17(3)4/h11-12,16-23,26H,7-10,13-15H2,1-6H3. The van der Waals surface area contributed by atoms with Gasteiger partial charge in [0.2, 0.25) is 6.29 Å².